The highest BCUT2D eigenvalue weighted by Crippen LogP contribution is 2.23. The summed E-state index contributed by atoms with van der Waals surface area (Å²) in [5.41, 5.74) is -0.418. The predicted octanol–water partition coefficient (Wildman–Crippen LogP) is 2.24. The van der Waals surface area contributed by atoms with Crippen LogP contribution in [0.4, 0.5) is 11.8 Å². The molecule has 0 bridgehead atoms. The fraction of sp³-hybridized carbons (Fsp3) is 0.636. The number of aliphatic hydroxyl groups is 1. The van der Waals surface area contributed by atoms with Crippen molar-refractivity contribution in [3.8, 4) is 0 Å². The monoisotopic (exact) mass is 302 g/mol. The third kappa shape index (κ3) is 4.47. The summed E-state index contributed by atoms with van der Waals surface area (Å²) in [4.78, 5) is 8.51. The van der Waals surface area contributed by atoms with E-state index < -0.39 is 5.54 Å². The Hall–Kier alpha value is -0.880. The lowest BCUT2D eigenvalue weighted by atomic mass is 10.1. The van der Waals surface area contributed by atoms with Gasteiger partial charge in [-0.3, -0.25) is 0 Å². The van der Waals surface area contributed by atoms with Crippen LogP contribution in [0.3, 0.4) is 0 Å². The highest BCUT2D eigenvalue weighted by molar-refractivity contribution is 9.10. The zero-order chi connectivity index (χ0) is 12.9. The molecule has 0 spiro atoms. The van der Waals surface area contributed by atoms with Crippen LogP contribution < -0.4 is 10.6 Å². The average molecular weight is 303 g/mol. The zero-order valence-corrected chi connectivity index (χ0v) is 12.0. The van der Waals surface area contributed by atoms with E-state index in [0.717, 1.165) is 17.4 Å². The van der Waals surface area contributed by atoms with Gasteiger partial charge in [0.25, 0.3) is 0 Å². The minimum Gasteiger partial charge on any atom is -0.394 e. The van der Waals surface area contributed by atoms with Crippen molar-refractivity contribution in [2.75, 3.05) is 23.8 Å². The Morgan fingerprint density at radius 3 is 2.76 bits per heavy atom. The number of anilines is 2. The Labute approximate surface area is 110 Å². The molecule has 0 atom stereocenters. The lowest BCUT2D eigenvalue weighted by molar-refractivity contribution is 0.234. The predicted molar refractivity (Wildman–Crippen MR) is 73.3 cm³/mol. The Kier molecular flexibility index (Phi) is 5.14. The number of aliphatic hydroxyl groups excluding tert-OH is 1. The first-order valence-corrected chi connectivity index (χ1v) is 6.43. The van der Waals surface area contributed by atoms with Gasteiger partial charge in [0.1, 0.15) is 5.82 Å². The maximum atomic E-state index is 9.22. The molecular weight excluding hydrogens is 284 g/mol. The molecule has 17 heavy (non-hydrogen) atoms. The summed E-state index contributed by atoms with van der Waals surface area (Å²) in [6.07, 6.45) is 2.71. The van der Waals surface area contributed by atoms with Gasteiger partial charge in [-0.25, -0.2) is 4.98 Å². The fourth-order valence-corrected chi connectivity index (χ4v) is 1.43. The van der Waals surface area contributed by atoms with Crippen LogP contribution in [-0.2, 0) is 0 Å². The second-order valence-corrected chi connectivity index (χ2v) is 5.34. The molecule has 1 aromatic rings. The average Bonchev–Trinajstić information content (AvgIpc) is 2.30. The Morgan fingerprint density at radius 1 is 1.47 bits per heavy atom. The number of halogens is 1. The summed E-state index contributed by atoms with van der Waals surface area (Å²) < 4.78 is 0.779. The highest BCUT2D eigenvalue weighted by Gasteiger charge is 2.18. The minimum atomic E-state index is -0.418. The van der Waals surface area contributed by atoms with Crippen molar-refractivity contribution in [3.05, 3.63) is 10.7 Å². The lowest BCUT2D eigenvalue weighted by Gasteiger charge is -2.24. The molecule has 0 radical (unpaired) electrons. The summed E-state index contributed by atoms with van der Waals surface area (Å²) in [6.45, 7) is 6.76. The molecule has 3 N–H and O–H groups in total. The number of rotatable bonds is 6. The van der Waals surface area contributed by atoms with Gasteiger partial charge >= 0.3 is 0 Å². The summed E-state index contributed by atoms with van der Waals surface area (Å²) in [6, 6.07) is 0. The minimum absolute atomic E-state index is 0.0289. The molecule has 0 aromatic carbocycles. The normalized spacial score (nSPS) is 11.4. The molecule has 96 valence electrons. The van der Waals surface area contributed by atoms with Crippen LogP contribution in [-0.4, -0.2) is 33.8 Å². The molecule has 1 heterocycles. The van der Waals surface area contributed by atoms with Gasteiger partial charge in [-0.2, -0.15) is 4.98 Å². The Morgan fingerprint density at radius 2 is 2.18 bits per heavy atom. The first-order chi connectivity index (χ1) is 7.98. The van der Waals surface area contributed by atoms with Crippen molar-refractivity contribution in [1.29, 1.82) is 0 Å². The zero-order valence-electron chi connectivity index (χ0n) is 10.4. The van der Waals surface area contributed by atoms with Gasteiger partial charge in [0, 0.05) is 12.7 Å². The molecule has 1 aromatic heterocycles. The third-order valence-electron chi connectivity index (χ3n) is 2.13. The van der Waals surface area contributed by atoms with Crippen LogP contribution in [0.2, 0.25) is 0 Å². The molecule has 0 unspecified atom stereocenters. The summed E-state index contributed by atoms with van der Waals surface area (Å²) in [5, 5.41) is 15.5. The molecule has 0 amide bonds. The topological polar surface area (TPSA) is 70.1 Å². The number of nitrogens with zero attached hydrogens (tertiary/aromatic N) is 2. The molecule has 5 nitrogen and oxygen atoms in total. The smallest absolute Gasteiger partial charge is 0.224 e. The van der Waals surface area contributed by atoms with E-state index in [1.807, 2.05) is 13.8 Å². The number of hydrogen-bond acceptors (Lipinski definition) is 5. The van der Waals surface area contributed by atoms with E-state index >= 15 is 0 Å². The SMILES string of the molecule is CCCNc1ncc(Br)c(NC(C)(C)CO)n1. The van der Waals surface area contributed by atoms with Gasteiger partial charge < -0.3 is 15.7 Å². The largest absolute Gasteiger partial charge is 0.394 e. The highest BCUT2D eigenvalue weighted by atomic mass is 79.9. The van der Waals surface area contributed by atoms with Crippen molar-refractivity contribution in [2.24, 2.45) is 0 Å². The first kappa shape index (κ1) is 14.2. The van der Waals surface area contributed by atoms with Gasteiger partial charge in [0.05, 0.1) is 16.6 Å². The van der Waals surface area contributed by atoms with Crippen molar-refractivity contribution in [3.63, 3.8) is 0 Å². The fourth-order valence-electron chi connectivity index (χ4n) is 1.14. The lowest BCUT2D eigenvalue weighted by Crippen LogP contribution is -2.35. The number of nitrogens with one attached hydrogen (secondary N) is 2. The molecule has 6 heteroatoms. The van der Waals surface area contributed by atoms with Crippen molar-refractivity contribution >= 4 is 27.7 Å². The maximum absolute atomic E-state index is 9.22. The summed E-state index contributed by atoms with van der Waals surface area (Å²) >= 11 is 3.38. The van der Waals surface area contributed by atoms with E-state index in [1.165, 1.54) is 0 Å². The molecular formula is C11H19BrN4O. The van der Waals surface area contributed by atoms with Gasteiger partial charge in [-0.1, -0.05) is 6.92 Å². The van der Waals surface area contributed by atoms with Crippen LogP contribution in [0, 0.1) is 0 Å². The Balaban J connectivity index is 2.83. The number of hydrogen-bond donors (Lipinski definition) is 3. The van der Waals surface area contributed by atoms with E-state index in [4.69, 9.17) is 0 Å². The number of aromatic nitrogens is 2. The van der Waals surface area contributed by atoms with E-state index in [9.17, 15) is 5.11 Å². The summed E-state index contributed by atoms with van der Waals surface area (Å²) in [7, 11) is 0. The summed E-state index contributed by atoms with van der Waals surface area (Å²) in [5.74, 6) is 1.27. The van der Waals surface area contributed by atoms with Crippen LogP contribution in [0.15, 0.2) is 10.7 Å². The molecule has 0 saturated carbocycles. The van der Waals surface area contributed by atoms with Crippen molar-refractivity contribution in [2.45, 2.75) is 32.7 Å². The van der Waals surface area contributed by atoms with Crippen molar-refractivity contribution < 1.29 is 5.11 Å². The molecule has 0 aliphatic carbocycles. The van der Waals surface area contributed by atoms with Gasteiger partial charge in [0.2, 0.25) is 5.95 Å². The second kappa shape index (κ2) is 6.16. The van der Waals surface area contributed by atoms with E-state index in [0.29, 0.717) is 11.8 Å². The molecule has 0 fully saturated rings. The van der Waals surface area contributed by atoms with Crippen molar-refractivity contribution in [1.82, 2.24) is 9.97 Å². The van der Waals surface area contributed by atoms with Crippen LogP contribution in [0.5, 0.6) is 0 Å². The maximum Gasteiger partial charge on any atom is 0.224 e. The van der Waals surface area contributed by atoms with Crippen LogP contribution in [0.25, 0.3) is 0 Å². The van der Waals surface area contributed by atoms with Gasteiger partial charge in [-0.15, -0.1) is 0 Å². The van der Waals surface area contributed by atoms with Gasteiger partial charge in [-0.05, 0) is 36.2 Å². The Bertz CT molecular complexity index is 370. The van der Waals surface area contributed by atoms with Gasteiger partial charge in [0.15, 0.2) is 0 Å². The standard InChI is InChI=1S/C11H19BrN4O/c1-4-5-13-10-14-6-8(12)9(15-10)16-11(2,3)7-17/h6,17H,4-5,7H2,1-3H3,(H2,13,14,15,16). The third-order valence-corrected chi connectivity index (χ3v) is 2.71. The molecule has 0 saturated heterocycles. The van der Waals surface area contributed by atoms with E-state index in [2.05, 4.69) is 43.5 Å². The second-order valence-electron chi connectivity index (χ2n) is 4.48. The van der Waals surface area contributed by atoms with E-state index in [-0.39, 0.29) is 6.61 Å². The molecule has 0 aliphatic heterocycles. The van der Waals surface area contributed by atoms with E-state index in [1.54, 1.807) is 6.20 Å². The molecule has 1 rings (SSSR count). The van der Waals surface area contributed by atoms with Crippen LogP contribution >= 0.6 is 15.9 Å². The quantitative estimate of drug-likeness (QED) is 0.752. The first-order valence-electron chi connectivity index (χ1n) is 5.64. The molecule has 0 aliphatic rings. The van der Waals surface area contributed by atoms with Crippen LogP contribution in [0.1, 0.15) is 27.2 Å².